The van der Waals surface area contributed by atoms with E-state index in [9.17, 15) is 4.79 Å². The van der Waals surface area contributed by atoms with Crippen LogP contribution in [0.5, 0.6) is 5.75 Å². The quantitative estimate of drug-likeness (QED) is 0.782. The summed E-state index contributed by atoms with van der Waals surface area (Å²) in [6.07, 6.45) is 0. The summed E-state index contributed by atoms with van der Waals surface area (Å²) in [5.41, 5.74) is 0.920. The lowest BCUT2D eigenvalue weighted by molar-refractivity contribution is -0.123. The number of ether oxygens (including phenoxy) is 1. The van der Waals surface area contributed by atoms with Gasteiger partial charge in [0, 0.05) is 5.02 Å². The molecule has 1 rings (SSSR count). The molecular formula is C14H21ClN2O2. The lowest BCUT2D eigenvalue weighted by Crippen LogP contribution is -2.39. The zero-order valence-electron chi connectivity index (χ0n) is 11.7. The van der Waals surface area contributed by atoms with Gasteiger partial charge in [-0.1, -0.05) is 25.4 Å². The van der Waals surface area contributed by atoms with E-state index in [1.807, 2.05) is 13.0 Å². The van der Waals surface area contributed by atoms with Crippen molar-refractivity contribution in [3.05, 3.63) is 28.8 Å². The van der Waals surface area contributed by atoms with Gasteiger partial charge in [0.15, 0.2) is 6.61 Å². The van der Waals surface area contributed by atoms with Crippen LogP contribution in [0.2, 0.25) is 5.02 Å². The highest BCUT2D eigenvalue weighted by Gasteiger charge is 2.06. The van der Waals surface area contributed by atoms with Gasteiger partial charge in [-0.3, -0.25) is 9.69 Å². The first kappa shape index (κ1) is 15.8. The van der Waals surface area contributed by atoms with Crippen LogP contribution in [0.25, 0.3) is 0 Å². The average Bonchev–Trinajstić information content (AvgIpc) is 2.39. The zero-order chi connectivity index (χ0) is 14.3. The van der Waals surface area contributed by atoms with Crippen molar-refractivity contribution in [3.63, 3.8) is 0 Å². The number of halogens is 1. The maximum absolute atomic E-state index is 11.6. The van der Waals surface area contributed by atoms with Crippen LogP contribution in [-0.2, 0) is 4.79 Å². The summed E-state index contributed by atoms with van der Waals surface area (Å²) in [5.74, 6) is 0.559. The van der Waals surface area contributed by atoms with Crippen molar-refractivity contribution in [1.29, 1.82) is 0 Å². The number of aryl methyl sites for hydroxylation is 1. The fourth-order valence-electron chi connectivity index (χ4n) is 1.62. The molecule has 0 aliphatic rings. The molecule has 0 aliphatic carbocycles. The van der Waals surface area contributed by atoms with Gasteiger partial charge < -0.3 is 10.1 Å². The second-order valence-corrected chi connectivity index (χ2v) is 4.70. The van der Waals surface area contributed by atoms with Gasteiger partial charge in [-0.25, -0.2) is 0 Å². The highest BCUT2D eigenvalue weighted by Crippen LogP contribution is 2.21. The van der Waals surface area contributed by atoms with Gasteiger partial charge >= 0.3 is 0 Å². The van der Waals surface area contributed by atoms with Gasteiger partial charge in [0.2, 0.25) is 0 Å². The highest BCUT2D eigenvalue weighted by molar-refractivity contribution is 6.30. The minimum absolute atomic E-state index is 0.0176. The van der Waals surface area contributed by atoms with E-state index in [1.165, 1.54) is 0 Å². The maximum atomic E-state index is 11.6. The lowest BCUT2D eigenvalue weighted by Gasteiger charge is -2.18. The third-order valence-corrected chi connectivity index (χ3v) is 3.13. The molecule has 0 bridgehead atoms. The molecule has 1 aromatic rings. The van der Waals surface area contributed by atoms with Crippen molar-refractivity contribution in [1.82, 2.24) is 10.2 Å². The molecule has 0 spiro atoms. The Balaban J connectivity index is 2.37. The third kappa shape index (κ3) is 5.49. The predicted molar refractivity (Wildman–Crippen MR) is 77.6 cm³/mol. The second kappa shape index (κ2) is 8.02. The molecule has 0 heterocycles. The van der Waals surface area contributed by atoms with E-state index in [0.717, 1.165) is 18.7 Å². The largest absolute Gasteiger partial charge is 0.484 e. The number of amides is 1. The number of nitrogens with zero attached hydrogens (tertiary/aromatic N) is 1. The van der Waals surface area contributed by atoms with Gasteiger partial charge in [-0.05, 0) is 43.8 Å². The van der Waals surface area contributed by atoms with Crippen molar-refractivity contribution >= 4 is 17.5 Å². The molecule has 0 saturated heterocycles. The molecule has 0 radical (unpaired) electrons. The first-order chi connectivity index (χ1) is 9.06. The summed E-state index contributed by atoms with van der Waals surface area (Å²) < 4.78 is 5.46. The molecule has 0 saturated carbocycles. The van der Waals surface area contributed by atoms with E-state index in [1.54, 1.807) is 12.1 Å². The number of hydrogen-bond donors (Lipinski definition) is 1. The van der Waals surface area contributed by atoms with Crippen LogP contribution in [0.3, 0.4) is 0 Å². The van der Waals surface area contributed by atoms with Crippen molar-refractivity contribution in [3.8, 4) is 5.75 Å². The van der Waals surface area contributed by atoms with Crippen LogP contribution in [0.1, 0.15) is 19.4 Å². The van der Waals surface area contributed by atoms with E-state index >= 15 is 0 Å². The third-order valence-electron chi connectivity index (χ3n) is 2.89. The smallest absolute Gasteiger partial charge is 0.258 e. The molecule has 5 heteroatoms. The van der Waals surface area contributed by atoms with E-state index in [2.05, 4.69) is 24.1 Å². The van der Waals surface area contributed by atoms with E-state index < -0.39 is 0 Å². The fourth-order valence-corrected chi connectivity index (χ4v) is 1.84. The first-order valence-electron chi connectivity index (χ1n) is 6.44. The standard InChI is InChI=1S/C14H21ClN2O2/c1-4-17(5-2)10-16-14(18)9-19-13-7-6-12(15)8-11(13)3/h6-8H,4-5,9-10H2,1-3H3,(H,16,18). The normalized spacial score (nSPS) is 10.6. The maximum Gasteiger partial charge on any atom is 0.258 e. The fraction of sp³-hybridized carbons (Fsp3) is 0.500. The van der Waals surface area contributed by atoms with Crippen molar-refractivity contribution in [2.45, 2.75) is 20.8 Å². The minimum Gasteiger partial charge on any atom is -0.484 e. The molecule has 0 atom stereocenters. The molecule has 4 nitrogen and oxygen atoms in total. The van der Waals surface area contributed by atoms with Gasteiger partial charge in [-0.2, -0.15) is 0 Å². The Morgan fingerprint density at radius 3 is 2.63 bits per heavy atom. The summed E-state index contributed by atoms with van der Waals surface area (Å²) in [7, 11) is 0. The van der Waals surface area contributed by atoms with Crippen molar-refractivity contribution < 1.29 is 9.53 Å². The molecular weight excluding hydrogens is 264 g/mol. The predicted octanol–water partition coefficient (Wildman–Crippen LogP) is 2.44. The Morgan fingerprint density at radius 1 is 1.37 bits per heavy atom. The van der Waals surface area contributed by atoms with Gasteiger partial charge in [0.25, 0.3) is 5.91 Å². The van der Waals surface area contributed by atoms with Crippen LogP contribution in [0, 0.1) is 6.92 Å². The summed E-state index contributed by atoms with van der Waals surface area (Å²) in [6.45, 7) is 8.40. The van der Waals surface area contributed by atoms with E-state index in [0.29, 0.717) is 17.4 Å². The molecule has 0 aliphatic heterocycles. The Morgan fingerprint density at radius 2 is 2.05 bits per heavy atom. The minimum atomic E-state index is -0.124. The molecule has 0 aromatic heterocycles. The monoisotopic (exact) mass is 284 g/mol. The molecule has 106 valence electrons. The van der Waals surface area contributed by atoms with Crippen LogP contribution in [0.15, 0.2) is 18.2 Å². The molecule has 0 fully saturated rings. The lowest BCUT2D eigenvalue weighted by atomic mass is 10.2. The zero-order valence-corrected chi connectivity index (χ0v) is 12.5. The summed E-state index contributed by atoms with van der Waals surface area (Å²) in [4.78, 5) is 13.8. The van der Waals surface area contributed by atoms with E-state index in [4.69, 9.17) is 16.3 Å². The Bertz CT molecular complexity index is 420. The van der Waals surface area contributed by atoms with Crippen LogP contribution < -0.4 is 10.1 Å². The summed E-state index contributed by atoms with van der Waals surface area (Å²) >= 11 is 5.86. The summed E-state index contributed by atoms with van der Waals surface area (Å²) in [5, 5.41) is 3.48. The average molecular weight is 285 g/mol. The van der Waals surface area contributed by atoms with Crippen LogP contribution >= 0.6 is 11.6 Å². The molecule has 19 heavy (non-hydrogen) atoms. The van der Waals surface area contributed by atoms with E-state index in [-0.39, 0.29) is 12.5 Å². The number of carbonyl (C=O) groups excluding carboxylic acids is 1. The number of benzene rings is 1. The van der Waals surface area contributed by atoms with Crippen molar-refractivity contribution in [2.75, 3.05) is 26.4 Å². The SMILES string of the molecule is CCN(CC)CNC(=O)COc1ccc(Cl)cc1C. The Hall–Kier alpha value is -1.26. The van der Waals surface area contributed by atoms with Gasteiger partial charge in [-0.15, -0.1) is 0 Å². The molecule has 1 N–H and O–H groups in total. The van der Waals surface area contributed by atoms with Gasteiger partial charge in [0.1, 0.15) is 5.75 Å². The van der Waals surface area contributed by atoms with Crippen molar-refractivity contribution in [2.24, 2.45) is 0 Å². The second-order valence-electron chi connectivity index (χ2n) is 4.26. The van der Waals surface area contributed by atoms with Gasteiger partial charge in [0.05, 0.1) is 6.67 Å². The van der Waals surface area contributed by atoms with Crippen LogP contribution in [-0.4, -0.2) is 37.2 Å². The molecule has 0 unspecified atom stereocenters. The van der Waals surface area contributed by atoms with Crippen LogP contribution in [0.4, 0.5) is 0 Å². The Kier molecular flexibility index (Phi) is 6.67. The number of carbonyl (C=O) groups is 1. The molecule has 1 aromatic carbocycles. The topological polar surface area (TPSA) is 41.6 Å². The number of rotatable bonds is 7. The number of hydrogen-bond acceptors (Lipinski definition) is 3. The Labute approximate surface area is 119 Å². The highest BCUT2D eigenvalue weighted by atomic mass is 35.5. The first-order valence-corrected chi connectivity index (χ1v) is 6.82. The number of nitrogens with one attached hydrogen (secondary N) is 1. The molecule has 1 amide bonds. The summed E-state index contributed by atoms with van der Waals surface area (Å²) in [6, 6.07) is 5.33.